The number of rotatable bonds is 10. The molecule has 30 heavy (non-hydrogen) atoms. The fourth-order valence-corrected chi connectivity index (χ4v) is 2.94. The highest BCUT2D eigenvalue weighted by molar-refractivity contribution is 5.95. The van der Waals surface area contributed by atoms with Crippen LogP contribution in [0, 0.1) is 10.1 Å². The number of para-hydroxylation sites is 1. The zero-order chi connectivity index (χ0) is 22.1. The van der Waals surface area contributed by atoms with Crippen molar-refractivity contribution < 1.29 is 19.2 Å². The molecule has 0 fully saturated rings. The molecule has 0 saturated heterocycles. The van der Waals surface area contributed by atoms with Crippen LogP contribution in [0.4, 0.5) is 16.2 Å². The number of alkyl carbamates (subject to hydrolysis) is 1. The summed E-state index contributed by atoms with van der Waals surface area (Å²) in [5.74, 6) is 0. The highest BCUT2D eigenvalue weighted by Crippen LogP contribution is 2.32. The summed E-state index contributed by atoms with van der Waals surface area (Å²) in [4.78, 5) is 27.1. The summed E-state index contributed by atoms with van der Waals surface area (Å²) >= 11 is 0. The van der Waals surface area contributed by atoms with E-state index in [1.54, 1.807) is 26.8 Å². The highest BCUT2D eigenvalue weighted by atomic mass is 16.6. The van der Waals surface area contributed by atoms with E-state index in [9.17, 15) is 14.9 Å². The predicted molar refractivity (Wildman–Crippen MR) is 116 cm³/mol. The van der Waals surface area contributed by atoms with E-state index < -0.39 is 16.6 Å². The van der Waals surface area contributed by atoms with Gasteiger partial charge in [-0.15, -0.1) is 0 Å². The Labute approximate surface area is 176 Å². The molecule has 9 heteroatoms. The fraction of sp³-hybridized carbons (Fsp3) is 0.524. The van der Waals surface area contributed by atoms with Crippen molar-refractivity contribution in [3.8, 4) is 0 Å². The second-order valence-electron chi connectivity index (χ2n) is 7.86. The lowest BCUT2D eigenvalue weighted by atomic mass is 10.1. The van der Waals surface area contributed by atoms with Gasteiger partial charge in [-0.2, -0.15) is 0 Å². The number of nitrogens with one attached hydrogen (secondary N) is 2. The van der Waals surface area contributed by atoms with Gasteiger partial charge in [-0.25, -0.2) is 9.78 Å². The van der Waals surface area contributed by atoms with Gasteiger partial charge in [0.05, 0.1) is 17.0 Å². The quantitative estimate of drug-likeness (QED) is 0.336. The number of benzene rings is 1. The van der Waals surface area contributed by atoms with Gasteiger partial charge in [-0.1, -0.05) is 18.2 Å². The zero-order valence-corrected chi connectivity index (χ0v) is 17.9. The minimum Gasteiger partial charge on any atom is -0.444 e. The van der Waals surface area contributed by atoms with Crippen LogP contribution in [0.15, 0.2) is 30.5 Å². The van der Waals surface area contributed by atoms with E-state index in [4.69, 9.17) is 9.47 Å². The van der Waals surface area contributed by atoms with E-state index in [0.29, 0.717) is 49.2 Å². The van der Waals surface area contributed by atoms with Gasteiger partial charge in [-0.3, -0.25) is 10.1 Å². The van der Waals surface area contributed by atoms with Crippen LogP contribution in [0.1, 0.15) is 40.5 Å². The second kappa shape index (κ2) is 10.7. The first kappa shape index (κ1) is 23.3. The topological polar surface area (TPSA) is 116 Å². The summed E-state index contributed by atoms with van der Waals surface area (Å²) in [6.07, 6.45) is 2.10. The van der Waals surface area contributed by atoms with Crippen molar-refractivity contribution >= 4 is 28.4 Å². The average Bonchev–Trinajstić information content (AvgIpc) is 2.67. The number of nitro groups is 1. The summed E-state index contributed by atoms with van der Waals surface area (Å²) in [5, 5.41) is 18.2. The Balaban J connectivity index is 2.08. The first-order valence-electron chi connectivity index (χ1n) is 10.0. The number of aromatic nitrogens is 1. The summed E-state index contributed by atoms with van der Waals surface area (Å²) < 4.78 is 10.8. The molecule has 2 aromatic rings. The van der Waals surface area contributed by atoms with Crippen molar-refractivity contribution in [1.29, 1.82) is 0 Å². The molecule has 1 heterocycles. The smallest absolute Gasteiger partial charge is 0.407 e. The Morgan fingerprint density at radius 1 is 1.30 bits per heavy atom. The second-order valence-corrected chi connectivity index (χ2v) is 7.86. The molecule has 9 nitrogen and oxygen atoms in total. The maximum absolute atomic E-state index is 11.8. The number of ether oxygens (including phenoxy) is 2. The van der Waals surface area contributed by atoms with Gasteiger partial charge in [0.2, 0.25) is 0 Å². The van der Waals surface area contributed by atoms with Gasteiger partial charge in [0.1, 0.15) is 17.5 Å². The lowest BCUT2D eigenvalue weighted by Gasteiger charge is -2.22. The molecule has 1 amide bonds. The van der Waals surface area contributed by atoms with Crippen molar-refractivity contribution in [3.05, 3.63) is 40.6 Å². The third-order valence-corrected chi connectivity index (χ3v) is 4.22. The predicted octanol–water partition coefficient (Wildman–Crippen LogP) is 4.26. The zero-order valence-electron chi connectivity index (χ0n) is 17.9. The number of nitrogens with zero attached hydrogens (tertiary/aromatic N) is 2. The van der Waals surface area contributed by atoms with Gasteiger partial charge in [0.25, 0.3) is 0 Å². The monoisotopic (exact) mass is 418 g/mol. The number of carbonyl (C=O) groups is 1. The molecule has 0 radical (unpaired) electrons. The van der Waals surface area contributed by atoms with E-state index in [-0.39, 0.29) is 11.7 Å². The molecule has 0 aliphatic heterocycles. The van der Waals surface area contributed by atoms with Gasteiger partial charge in [0.15, 0.2) is 0 Å². The first-order chi connectivity index (χ1) is 14.2. The van der Waals surface area contributed by atoms with E-state index in [1.165, 1.54) is 6.20 Å². The van der Waals surface area contributed by atoms with Crippen LogP contribution in [0.25, 0.3) is 10.9 Å². The normalized spacial score (nSPS) is 12.4. The summed E-state index contributed by atoms with van der Waals surface area (Å²) in [7, 11) is 0. The number of hydrogen-bond acceptors (Lipinski definition) is 7. The van der Waals surface area contributed by atoms with Crippen molar-refractivity contribution in [1.82, 2.24) is 10.3 Å². The molecular weight excluding hydrogens is 388 g/mol. The largest absolute Gasteiger partial charge is 0.444 e. The van der Waals surface area contributed by atoms with Crippen molar-refractivity contribution in [2.75, 3.05) is 25.1 Å². The van der Waals surface area contributed by atoms with Crippen LogP contribution in [0.3, 0.4) is 0 Å². The number of pyridine rings is 1. The molecule has 1 aromatic carbocycles. The number of anilines is 1. The van der Waals surface area contributed by atoms with Gasteiger partial charge >= 0.3 is 11.8 Å². The van der Waals surface area contributed by atoms with Crippen LogP contribution >= 0.6 is 0 Å². The van der Waals surface area contributed by atoms with Crippen LogP contribution < -0.4 is 10.6 Å². The Morgan fingerprint density at radius 3 is 2.70 bits per heavy atom. The molecule has 2 N–H and O–H groups in total. The van der Waals surface area contributed by atoms with Crippen LogP contribution in [-0.4, -0.2) is 47.4 Å². The molecule has 1 atom stereocenters. The highest BCUT2D eigenvalue weighted by Gasteiger charge is 2.21. The number of carbonyl (C=O) groups excluding carboxylic acids is 1. The van der Waals surface area contributed by atoms with E-state index in [2.05, 4.69) is 15.6 Å². The van der Waals surface area contributed by atoms with Crippen molar-refractivity contribution in [2.45, 2.75) is 52.2 Å². The maximum Gasteiger partial charge on any atom is 0.407 e. The Morgan fingerprint density at radius 2 is 2.03 bits per heavy atom. The standard InChI is InChI=1S/C21H30N4O5/c1-5-29-14-15(9-8-12-22-20(26)30-21(2,3)4)24-19-16-10-6-7-11-17(16)23-13-18(19)25(27)28/h6-7,10-11,13,15H,5,8-9,12,14H2,1-4H3,(H,22,26)(H,23,24). The van der Waals surface area contributed by atoms with Gasteiger partial charge in [0, 0.05) is 24.6 Å². The minimum atomic E-state index is -0.551. The molecule has 0 aliphatic rings. The fourth-order valence-electron chi connectivity index (χ4n) is 2.94. The van der Waals surface area contributed by atoms with E-state index >= 15 is 0 Å². The molecule has 1 unspecified atom stereocenters. The maximum atomic E-state index is 11.8. The van der Waals surface area contributed by atoms with E-state index in [0.717, 1.165) is 0 Å². The molecule has 2 rings (SSSR count). The molecule has 164 valence electrons. The average molecular weight is 418 g/mol. The van der Waals surface area contributed by atoms with E-state index in [1.807, 2.05) is 25.1 Å². The third kappa shape index (κ3) is 7.14. The Kier molecular flexibility index (Phi) is 8.35. The van der Waals surface area contributed by atoms with Gasteiger partial charge in [-0.05, 0) is 46.6 Å². The molecule has 0 saturated carbocycles. The Hall–Kier alpha value is -2.94. The van der Waals surface area contributed by atoms with Crippen molar-refractivity contribution in [3.63, 3.8) is 0 Å². The third-order valence-electron chi connectivity index (χ3n) is 4.22. The van der Waals surface area contributed by atoms with Crippen molar-refractivity contribution in [2.24, 2.45) is 0 Å². The summed E-state index contributed by atoms with van der Waals surface area (Å²) in [6, 6.07) is 7.10. The number of fused-ring (bicyclic) bond motifs is 1. The van der Waals surface area contributed by atoms with Crippen LogP contribution in [0.2, 0.25) is 0 Å². The first-order valence-corrected chi connectivity index (χ1v) is 10.0. The SMILES string of the molecule is CCOCC(CCCNC(=O)OC(C)(C)C)Nc1c([N+](=O)[O-])cnc2ccccc12. The lowest BCUT2D eigenvalue weighted by molar-refractivity contribution is -0.384. The number of amides is 1. The molecule has 0 spiro atoms. The lowest BCUT2D eigenvalue weighted by Crippen LogP contribution is -2.34. The molecule has 0 aliphatic carbocycles. The van der Waals surface area contributed by atoms with Gasteiger partial charge < -0.3 is 20.1 Å². The summed E-state index contributed by atoms with van der Waals surface area (Å²) in [5.41, 5.74) is 0.467. The minimum absolute atomic E-state index is 0.0814. The summed E-state index contributed by atoms with van der Waals surface area (Å²) in [6.45, 7) is 8.66. The molecular formula is C21H30N4O5. The Bertz CT molecular complexity index is 866. The van der Waals surface area contributed by atoms with Crippen LogP contribution in [-0.2, 0) is 9.47 Å². The number of hydrogen-bond donors (Lipinski definition) is 2. The van der Waals surface area contributed by atoms with Crippen LogP contribution in [0.5, 0.6) is 0 Å². The molecule has 0 bridgehead atoms. The molecule has 1 aromatic heterocycles.